The third-order valence-corrected chi connectivity index (χ3v) is 5.72. The van der Waals surface area contributed by atoms with E-state index in [4.69, 9.17) is 9.40 Å². The van der Waals surface area contributed by atoms with Crippen molar-refractivity contribution in [3.8, 4) is 11.3 Å². The van der Waals surface area contributed by atoms with Gasteiger partial charge in [0.15, 0.2) is 5.65 Å². The molecule has 4 heterocycles. The second-order valence-corrected chi connectivity index (χ2v) is 8.18. The molecule has 0 bridgehead atoms. The number of piperidine rings is 1. The molecule has 29 heavy (non-hydrogen) atoms. The van der Waals surface area contributed by atoms with Crippen molar-refractivity contribution in [1.82, 2.24) is 25.0 Å². The van der Waals surface area contributed by atoms with E-state index in [1.54, 1.807) is 6.20 Å². The number of aromatic nitrogens is 3. The molecule has 0 saturated carbocycles. The van der Waals surface area contributed by atoms with Gasteiger partial charge in [-0.2, -0.15) is 5.10 Å². The van der Waals surface area contributed by atoms with Crippen LogP contribution in [0.4, 0.5) is 0 Å². The number of rotatable bonds is 4. The molecule has 0 spiro atoms. The third kappa shape index (κ3) is 3.55. The Balaban J connectivity index is 1.86. The van der Waals surface area contributed by atoms with Crippen molar-refractivity contribution < 1.29 is 9.21 Å². The number of carbonyl (C=O) groups excluding carboxylic acids is 1. The Morgan fingerprint density at radius 2 is 2.10 bits per heavy atom. The smallest absolute Gasteiger partial charge is 0.254 e. The van der Waals surface area contributed by atoms with Gasteiger partial charge in [-0.05, 0) is 59.7 Å². The fraction of sp³-hybridized carbons (Fsp3) is 0.500. The number of hydrogen-bond donors (Lipinski definition) is 1. The summed E-state index contributed by atoms with van der Waals surface area (Å²) in [6, 6.07) is 4.36. The number of aryl methyl sites for hydroxylation is 2. The summed E-state index contributed by atoms with van der Waals surface area (Å²) >= 11 is 0. The highest BCUT2D eigenvalue weighted by Crippen LogP contribution is 2.31. The van der Waals surface area contributed by atoms with Crippen LogP contribution in [-0.2, 0) is 0 Å². The standard InChI is InChI=1S/C22H29N5O2/c1-13(2)27-21-19(11-24-27)18(22(28)26-8-6-7-16(12-26)23-5)10-20(25-21)17-9-14(3)29-15(17)4/h9-11,13,16,23H,6-8,12H2,1-5H3. The summed E-state index contributed by atoms with van der Waals surface area (Å²) in [5, 5.41) is 8.64. The second-order valence-electron chi connectivity index (χ2n) is 8.18. The van der Waals surface area contributed by atoms with Crippen LogP contribution in [0.25, 0.3) is 22.3 Å². The topological polar surface area (TPSA) is 76.2 Å². The summed E-state index contributed by atoms with van der Waals surface area (Å²) < 4.78 is 7.60. The van der Waals surface area contributed by atoms with Crippen molar-refractivity contribution in [2.75, 3.05) is 20.1 Å². The third-order valence-electron chi connectivity index (χ3n) is 5.72. The summed E-state index contributed by atoms with van der Waals surface area (Å²) in [4.78, 5) is 20.4. The van der Waals surface area contributed by atoms with Gasteiger partial charge in [0.2, 0.25) is 0 Å². The number of likely N-dealkylation sites (N-methyl/N-ethyl adjacent to an activating group) is 1. The number of likely N-dealkylation sites (tertiary alicyclic amines) is 1. The highest BCUT2D eigenvalue weighted by Gasteiger charge is 2.27. The monoisotopic (exact) mass is 395 g/mol. The number of pyridine rings is 1. The summed E-state index contributed by atoms with van der Waals surface area (Å²) in [6.07, 6.45) is 3.87. The maximum absolute atomic E-state index is 13.5. The molecule has 1 amide bonds. The van der Waals surface area contributed by atoms with Crippen LogP contribution in [0.5, 0.6) is 0 Å². The van der Waals surface area contributed by atoms with Crippen molar-refractivity contribution >= 4 is 16.9 Å². The Hall–Kier alpha value is -2.67. The van der Waals surface area contributed by atoms with Gasteiger partial charge >= 0.3 is 0 Å². The molecule has 0 aliphatic carbocycles. The lowest BCUT2D eigenvalue weighted by atomic mass is 10.0. The van der Waals surface area contributed by atoms with E-state index in [0.717, 1.165) is 59.7 Å². The molecule has 1 aliphatic rings. The average molecular weight is 396 g/mol. The zero-order chi connectivity index (χ0) is 20.7. The first kappa shape index (κ1) is 19.6. The highest BCUT2D eigenvalue weighted by molar-refractivity contribution is 6.06. The fourth-order valence-corrected chi connectivity index (χ4v) is 4.16. The van der Waals surface area contributed by atoms with Gasteiger partial charge in [-0.1, -0.05) is 0 Å². The van der Waals surface area contributed by atoms with Gasteiger partial charge in [-0.3, -0.25) is 4.79 Å². The van der Waals surface area contributed by atoms with Gasteiger partial charge in [0, 0.05) is 30.7 Å². The molecule has 1 aliphatic heterocycles. The van der Waals surface area contributed by atoms with Crippen LogP contribution < -0.4 is 5.32 Å². The Labute approximate surface area is 171 Å². The largest absolute Gasteiger partial charge is 0.466 e. The fourth-order valence-electron chi connectivity index (χ4n) is 4.16. The molecule has 1 N–H and O–H groups in total. The van der Waals surface area contributed by atoms with Crippen molar-refractivity contribution in [2.45, 2.75) is 52.6 Å². The van der Waals surface area contributed by atoms with E-state index in [0.29, 0.717) is 11.6 Å². The Morgan fingerprint density at radius 1 is 1.31 bits per heavy atom. The summed E-state index contributed by atoms with van der Waals surface area (Å²) in [5.74, 6) is 1.67. The molecule has 1 atom stereocenters. The minimum Gasteiger partial charge on any atom is -0.466 e. The molecule has 3 aromatic rings. The maximum atomic E-state index is 13.5. The predicted molar refractivity (Wildman–Crippen MR) is 113 cm³/mol. The van der Waals surface area contributed by atoms with Crippen LogP contribution in [-0.4, -0.2) is 51.8 Å². The highest BCUT2D eigenvalue weighted by atomic mass is 16.3. The van der Waals surface area contributed by atoms with E-state index >= 15 is 0 Å². The first-order chi connectivity index (χ1) is 13.9. The minimum atomic E-state index is 0.0415. The van der Waals surface area contributed by atoms with Gasteiger partial charge in [0.25, 0.3) is 5.91 Å². The van der Waals surface area contributed by atoms with Crippen molar-refractivity contribution in [3.05, 3.63) is 35.4 Å². The molecular formula is C22H29N5O2. The number of carbonyl (C=O) groups is 1. The quantitative estimate of drug-likeness (QED) is 0.729. The summed E-state index contributed by atoms with van der Waals surface area (Å²) in [5.41, 5.74) is 3.06. The van der Waals surface area contributed by atoms with Crippen molar-refractivity contribution in [1.29, 1.82) is 0 Å². The Morgan fingerprint density at radius 3 is 2.76 bits per heavy atom. The molecule has 0 radical (unpaired) electrons. The lowest BCUT2D eigenvalue weighted by Crippen LogP contribution is -2.47. The van der Waals surface area contributed by atoms with Crippen LogP contribution in [0.1, 0.15) is 54.6 Å². The van der Waals surface area contributed by atoms with E-state index in [9.17, 15) is 4.79 Å². The zero-order valence-corrected chi connectivity index (χ0v) is 17.8. The SMILES string of the molecule is CNC1CCCN(C(=O)c2cc(-c3cc(C)oc3C)nc3c2cnn3C(C)C)C1. The number of nitrogens with one attached hydrogen (secondary N) is 1. The Kier molecular flexibility index (Phi) is 5.17. The number of nitrogens with zero attached hydrogens (tertiary/aromatic N) is 4. The molecule has 1 fully saturated rings. The van der Waals surface area contributed by atoms with Crippen LogP contribution in [0.2, 0.25) is 0 Å². The molecule has 7 nitrogen and oxygen atoms in total. The molecule has 1 unspecified atom stereocenters. The van der Waals surface area contributed by atoms with Gasteiger partial charge < -0.3 is 14.6 Å². The average Bonchev–Trinajstić information content (AvgIpc) is 3.29. The van der Waals surface area contributed by atoms with E-state index in [1.165, 1.54) is 0 Å². The number of hydrogen-bond acceptors (Lipinski definition) is 5. The molecule has 7 heteroatoms. The molecular weight excluding hydrogens is 366 g/mol. The van der Waals surface area contributed by atoms with E-state index in [-0.39, 0.29) is 11.9 Å². The summed E-state index contributed by atoms with van der Waals surface area (Å²) in [7, 11) is 1.96. The van der Waals surface area contributed by atoms with Crippen LogP contribution in [0.15, 0.2) is 22.7 Å². The number of furan rings is 1. The number of fused-ring (bicyclic) bond motifs is 1. The van der Waals surface area contributed by atoms with Gasteiger partial charge in [0.1, 0.15) is 11.5 Å². The summed E-state index contributed by atoms with van der Waals surface area (Å²) in [6.45, 7) is 9.48. The van der Waals surface area contributed by atoms with Crippen LogP contribution >= 0.6 is 0 Å². The van der Waals surface area contributed by atoms with Crippen LogP contribution in [0, 0.1) is 13.8 Å². The lowest BCUT2D eigenvalue weighted by molar-refractivity contribution is 0.0700. The minimum absolute atomic E-state index is 0.0415. The normalized spacial score (nSPS) is 17.4. The molecule has 0 aromatic carbocycles. The Bertz CT molecular complexity index is 1050. The van der Waals surface area contributed by atoms with Crippen LogP contribution in [0.3, 0.4) is 0 Å². The molecule has 154 valence electrons. The first-order valence-corrected chi connectivity index (χ1v) is 10.3. The predicted octanol–water partition coefficient (Wildman–Crippen LogP) is 3.71. The number of amides is 1. The van der Waals surface area contributed by atoms with Gasteiger partial charge in [-0.25, -0.2) is 9.67 Å². The first-order valence-electron chi connectivity index (χ1n) is 10.3. The van der Waals surface area contributed by atoms with E-state index < -0.39 is 0 Å². The van der Waals surface area contributed by atoms with Crippen molar-refractivity contribution in [2.24, 2.45) is 0 Å². The van der Waals surface area contributed by atoms with E-state index in [2.05, 4.69) is 24.3 Å². The lowest BCUT2D eigenvalue weighted by Gasteiger charge is -2.32. The molecule has 3 aromatic heterocycles. The van der Waals surface area contributed by atoms with Gasteiger partial charge in [-0.15, -0.1) is 0 Å². The molecule has 4 rings (SSSR count). The van der Waals surface area contributed by atoms with Crippen molar-refractivity contribution in [3.63, 3.8) is 0 Å². The maximum Gasteiger partial charge on any atom is 0.254 e. The second kappa shape index (κ2) is 7.63. The molecule has 1 saturated heterocycles. The van der Waals surface area contributed by atoms with E-state index in [1.807, 2.05) is 42.6 Å². The van der Waals surface area contributed by atoms with Gasteiger partial charge in [0.05, 0.1) is 22.8 Å². The zero-order valence-electron chi connectivity index (χ0n) is 17.8.